The zero-order valence-corrected chi connectivity index (χ0v) is 15.4. The summed E-state index contributed by atoms with van der Waals surface area (Å²) in [5.41, 5.74) is 0.512. The van der Waals surface area contributed by atoms with Crippen molar-refractivity contribution in [2.24, 2.45) is 5.92 Å². The van der Waals surface area contributed by atoms with Crippen molar-refractivity contribution < 1.29 is 31.9 Å². The van der Waals surface area contributed by atoms with Crippen molar-refractivity contribution >= 4 is 5.97 Å². The number of halogens is 5. The van der Waals surface area contributed by atoms with Gasteiger partial charge in [0.05, 0.1) is 5.56 Å². The normalized spacial score (nSPS) is 20.6. The number of hydrogen-bond acceptors (Lipinski definition) is 2. The third-order valence-corrected chi connectivity index (χ3v) is 5.18. The van der Waals surface area contributed by atoms with Gasteiger partial charge in [0.25, 0.3) is 0 Å². The van der Waals surface area contributed by atoms with Gasteiger partial charge in [-0.2, -0.15) is 13.2 Å². The predicted molar refractivity (Wildman–Crippen MR) is 96.2 cm³/mol. The quantitative estimate of drug-likeness (QED) is 0.697. The van der Waals surface area contributed by atoms with E-state index in [2.05, 4.69) is 0 Å². The Morgan fingerprint density at radius 2 is 1.72 bits per heavy atom. The SMILES string of the molecule is O=C(O)CC1CC(c2ccc(F)c(F)c2)CN(Cc2ccc(C(F)(F)F)cc2)C1. The minimum atomic E-state index is -4.41. The van der Waals surface area contributed by atoms with Crippen LogP contribution in [0, 0.1) is 17.6 Å². The Hall–Kier alpha value is -2.48. The summed E-state index contributed by atoms with van der Waals surface area (Å²) >= 11 is 0. The molecule has 29 heavy (non-hydrogen) atoms. The van der Waals surface area contributed by atoms with E-state index >= 15 is 0 Å². The molecular weight excluding hydrogens is 393 g/mol. The number of nitrogens with zero attached hydrogens (tertiary/aromatic N) is 1. The van der Waals surface area contributed by atoms with Crippen molar-refractivity contribution in [3.8, 4) is 0 Å². The molecule has 1 fully saturated rings. The zero-order chi connectivity index (χ0) is 21.2. The molecule has 0 spiro atoms. The number of carboxylic acids is 1. The van der Waals surface area contributed by atoms with Gasteiger partial charge < -0.3 is 5.11 Å². The van der Waals surface area contributed by atoms with Gasteiger partial charge in [-0.15, -0.1) is 0 Å². The zero-order valence-electron chi connectivity index (χ0n) is 15.4. The van der Waals surface area contributed by atoms with Crippen molar-refractivity contribution in [1.82, 2.24) is 4.90 Å². The van der Waals surface area contributed by atoms with E-state index in [1.165, 1.54) is 18.2 Å². The summed E-state index contributed by atoms with van der Waals surface area (Å²) in [6, 6.07) is 8.49. The fourth-order valence-electron chi connectivity index (χ4n) is 3.89. The van der Waals surface area contributed by atoms with E-state index in [-0.39, 0.29) is 18.3 Å². The van der Waals surface area contributed by atoms with Crippen LogP contribution in [-0.4, -0.2) is 29.1 Å². The molecule has 2 unspecified atom stereocenters. The first kappa shape index (κ1) is 21.2. The number of piperidine rings is 1. The Bertz CT molecular complexity index is 866. The average molecular weight is 413 g/mol. The summed E-state index contributed by atoms with van der Waals surface area (Å²) in [4.78, 5) is 13.1. The lowest BCUT2D eigenvalue weighted by molar-refractivity contribution is -0.139. The Morgan fingerprint density at radius 1 is 1.03 bits per heavy atom. The maximum Gasteiger partial charge on any atom is 0.416 e. The summed E-state index contributed by atoms with van der Waals surface area (Å²) in [5.74, 6) is -3.26. The van der Waals surface area contributed by atoms with Crippen LogP contribution in [0.3, 0.4) is 0 Å². The van der Waals surface area contributed by atoms with Gasteiger partial charge in [0.1, 0.15) is 0 Å². The van der Waals surface area contributed by atoms with Crippen molar-refractivity contribution in [1.29, 1.82) is 0 Å². The standard InChI is InChI=1S/C21H20F5NO2/c22-18-6-3-15(9-19(18)23)16-7-14(8-20(28)29)11-27(12-16)10-13-1-4-17(5-2-13)21(24,25)26/h1-6,9,14,16H,7-8,10-12H2,(H,28,29). The minimum absolute atomic E-state index is 0.0658. The third-order valence-electron chi connectivity index (χ3n) is 5.18. The van der Waals surface area contributed by atoms with Gasteiger partial charge in [-0.05, 0) is 53.6 Å². The molecule has 0 bridgehead atoms. The van der Waals surface area contributed by atoms with Crippen LogP contribution in [0.4, 0.5) is 22.0 Å². The molecule has 2 aromatic rings. The van der Waals surface area contributed by atoms with Crippen LogP contribution < -0.4 is 0 Å². The van der Waals surface area contributed by atoms with Gasteiger partial charge in [-0.3, -0.25) is 9.69 Å². The number of rotatable bonds is 5. The van der Waals surface area contributed by atoms with E-state index in [0.29, 0.717) is 37.2 Å². The van der Waals surface area contributed by atoms with Crippen LogP contribution >= 0.6 is 0 Å². The van der Waals surface area contributed by atoms with Crippen LogP contribution in [0.2, 0.25) is 0 Å². The molecular formula is C21H20F5NO2. The monoisotopic (exact) mass is 413 g/mol. The molecule has 0 aromatic heterocycles. The summed E-state index contributed by atoms with van der Waals surface area (Å²) in [7, 11) is 0. The van der Waals surface area contributed by atoms with Gasteiger partial charge in [-0.1, -0.05) is 18.2 Å². The molecule has 0 radical (unpaired) electrons. The van der Waals surface area contributed by atoms with Gasteiger partial charge in [0, 0.05) is 26.1 Å². The number of alkyl halides is 3. The first-order valence-electron chi connectivity index (χ1n) is 9.17. The van der Waals surface area contributed by atoms with E-state index < -0.39 is 29.3 Å². The topological polar surface area (TPSA) is 40.5 Å². The maximum atomic E-state index is 13.6. The van der Waals surface area contributed by atoms with Crippen LogP contribution in [-0.2, 0) is 17.5 Å². The van der Waals surface area contributed by atoms with E-state index in [0.717, 1.165) is 24.3 Å². The second-order valence-corrected chi connectivity index (χ2v) is 7.46. The molecule has 1 aliphatic rings. The van der Waals surface area contributed by atoms with E-state index in [1.807, 2.05) is 4.90 Å². The molecule has 8 heteroatoms. The molecule has 0 aliphatic carbocycles. The molecule has 0 amide bonds. The number of carboxylic acid groups (broad SMARTS) is 1. The molecule has 1 saturated heterocycles. The number of aliphatic carboxylic acids is 1. The van der Waals surface area contributed by atoms with Crippen LogP contribution in [0.25, 0.3) is 0 Å². The third kappa shape index (κ3) is 5.53. The van der Waals surface area contributed by atoms with Crippen molar-refractivity contribution in [3.63, 3.8) is 0 Å². The smallest absolute Gasteiger partial charge is 0.416 e. The Kier molecular flexibility index (Phi) is 6.21. The molecule has 1 aliphatic heterocycles. The molecule has 1 heterocycles. The Labute approximate surface area is 164 Å². The second-order valence-electron chi connectivity index (χ2n) is 7.46. The lowest BCUT2D eigenvalue weighted by Crippen LogP contribution is -2.39. The van der Waals surface area contributed by atoms with Crippen LogP contribution in [0.15, 0.2) is 42.5 Å². The van der Waals surface area contributed by atoms with E-state index in [9.17, 15) is 26.7 Å². The number of carbonyl (C=O) groups is 1. The average Bonchev–Trinajstić information content (AvgIpc) is 2.63. The van der Waals surface area contributed by atoms with Crippen molar-refractivity contribution in [2.75, 3.05) is 13.1 Å². The van der Waals surface area contributed by atoms with Crippen LogP contribution in [0.1, 0.15) is 35.4 Å². The molecule has 0 saturated carbocycles. The highest BCUT2D eigenvalue weighted by molar-refractivity contribution is 5.67. The van der Waals surface area contributed by atoms with Gasteiger partial charge in [0.2, 0.25) is 0 Å². The molecule has 2 atom stereocenters. The highest BCUT2D eigenvalue weighted by atomic mass is 19.4. The lowest BCUT2D eigenvalue weighted by Gasteiger charge is -2.37. The van der Waals surface area contributed by atoms with Crippen LogP contribution in [0.5, 0.6) is 0 Å². The lowest BCUT2D eigenvalue weighted by atomic mass is 9.83. The highest BCUT2D eigenvalue weighted by Crippen LogP contribution is 2.34. The number of hydrogen-bond donors (Lipinski definition) is 1. The van der Waals surface area contributed by atoms with Crippen molar-refractivity contribution in [2.45, 2.75) is 31.5 Å². The highest BCUT2D eigenvalue weighted by Gasteiger charge is 2.31. The maximum absolute atomic E-state index is 13.6. The molecule has 156 valence electrons. The fraction of sp³-hybridized carbons (Fsp3) is 0.381. The number of likely N-dealkylation sites (tertiary alicyclic amines) is 1. The molecule has 1 N–H and O–H groups in total. The molecule has 2 aromatic carbocycles. The second kappa shape index (κ2) is 8.49. The van der Waals surface area contributed by atoms with E-state index in [1.54, 1.807) is 0 Å². The van der Waals surface area contributed by atoms with E-state index in [4.69, 9.17) is 5.11 Å². The van der Waals surface area contributed by atoms with Gasteiger partial charge in [0.15, 0.2) is 11.6 Å². The fourth-order valence-corrected chi connectivity index (χ4v) is 3.89. The molecule has 3 rings (SSSR count). The number of benzene rings is 2. The Morgan fingerprint density at radius 3 is 2.31 bits per heavy atom. The largest absolute Gasteiger partial charge is 0.481 e. The summed E-state index contributed by atoms with van der Waals surface area (Å²) in [6.07, 6.45) is -3.96. The summed E-state index contributed by atoms with van der Waals surface area (Å²) < 4.78 is 65.1. The van der Waals surface area contributed by atoms with Crippen molar-refractivity contribution in [3.05, 3.63) is 70.8 Å². The molecule has 3 nitrogen and oxygen atoms in total. The minimum Gasteiger partial charge on any atom is -0.481 e. The first-order chi connectivity index (χ1) is 13.6. The summed E-state index contributed by atoms with van der Waals surface area (Å²) in [6.45, 7) is 1.28. The summed E-state index contributed by atoms with van der Waals surface area (Å²) in [5, 5.41) is 9.15. The first-order valence-corrected chi connectivity index (χ1v) is 9.17. The Balaban J connectivity index is 1.77. The van der Waals surface area contributed by atoms with Gasteiger partial charge in [-0.25, -0.2) is 8.78 Å². The van der Waals surface area contributed by atoms with Gasteiger partial charge >= 0.3 is 12.1 Å². The predicted octanol–water partition coefficient (Wildman–Crippen LogP) is 5.06.